The van der Waals surface area contributed by atoms with Crippen LogP contribution in [0.5, 0.6) is 0 Å². The summed E-state index contributed by atoms with van der Waals surface area (Å²) in [6.07, 6.45) is -1.99. The SMILES string of the molecule is CCSc1ccc(-c2cnc(-c3nc4cc(C(F)(F)F)ncc4n3C)c(S(=O)(=O)CC)c2)cc1. The Morgan fingerprint density at radius 3 is 2.32 bits per heavy atom. The van der Waals surface area contributed by atoms with Crippen molar-refractivity contribution in [3.8, 4) is 22.6 Å². The second kappa shape index (κ2) is 9.03. The van der Waals surface area contributed by atoms with Crippen LogP contribution in [-0.4, -0.2) is 39.4 Å². The molecule has 0 atom stereocenters. The monoisotopic (exact) mass is 506 g/mol. The van der Waals surface area contributed by atoms with Gasteiger partial charge in [-0.15, -0.1) is 11.8 Å². The van der Waals surface area contributed by atoms with Crippen molar-refractivity contribution in [2.75, 3.05) is 11.5 Å². The van der Waals surface area contributed by atoms with E-state index in [-0.39, 0.29) is 27.7 Å². The van der Waals surface area contributed by atoms with Crippen LogP contribution >= 0.6 is 11.8 Å². The molecule has 0 N–H and O–H groups in total. The average Bonchev–Trinajstić information content (AvgIpc) is 3.14. The van der Waals surface area contributed by atoms with Crippen LogP contribution in [0.1, 0.15) is 19.5 Å². The summed E-state index contributed by atoms with van der Waals surface area (Å²) in [6, 6.07) is 10.1. The first-order valence-electron chi connectivity index (χ1n) is 10.4. The van der Waals surface area contributed by atoms with E-state index in [0.717, 1.165) is 28.5 Å². The maximum atomic E-state index is 13.1. The average molecular weight is 507 g/mol. The molecule has 0 radical (unpaired) electrons. The number of benzene rings is 1. The highest BCUT2D eigenvalue weighted by Crippen LogP contribution is 2.34. The number of aryl methyl sites for hydroxylation is 1. The smallest absolute Gasteiger partial charge is 0.324 e. The quantitative estimate of drug-likeness (QED) is 0.316. The van der Waals surface area contributed by atoms with Crippen LogP contribution in [-0.2, 0) is 23.1 Å². The van der Waals surface area contributed by atoms with Gasteiger partial charge in [0, 0.05) is 23.7 Å². The first-order valence-corrected chi connectivity index (χ1v) is 13.0. The molecule has 178 valence electrons. The van der Waals surface area contributed by atoms with Gasteiger partial charge in [-0.25, -0.2) is 18.4 Å². The number of fused-ring (bicyclic) bond motifs is 1. The Hall–Kier alpha value is -2.92. The third-order valence-corrected chi connectivity index (χ3v) is 7.97. The highest BCUT2D eigenvalue weighted by molar-refractivity contribution is 7.99. The molecule has 0 amide bonds. The predicted octanol–water partition coefficient (Wildman–Crippen LogP) is 5.62. The molecule has 34 heavy (non-hydrogen) atoms. The lowest BCUT2D eigenvalue weighted by atomic mass is 10.1. The van der Waals surface area contributed by atoms with Crippen LogP contribution < -0.4 is 0 Å². The molecule has 11 heteroatoms. The van der Waals surface area contributed by atoms with Gasteiger partial charge in [-0.3, -0.25) is 4.98 Å². The van der Waals surface area contributed by atoms with E-state index in [9.17, 15) is 21.6 Å². The Morgan fingerprint density at radius 1 is 1.00 bits per heavy atom. The highest BCUT2D eigenvalue weighted by atomic mass is 32.2. The Balaban J connectivity index is 1.88. The number of alkyl halides is 3. The summed E-state index contributed by atoms with van der Waals surface area (Å²) in [5.74, 6) is 0.914. The van der Waals surface area contributed by atoms with Crippen molar-refractivity contribution in [2.45, 2.75) is 29.8 Å². The van der Waals surface area contributed by atoms with E-state index in [1.165, 1.54) is 11.5 Å². The Bertz CT molecular complexity index is 1460. The molecule has 0 bridgehead atoms. The molecular weight excluding hydrogens is 485 g/mol. The summed E-state index contributed by atoms with van der Waals surface area (Å²) in [7, 11) is -2.14. The molecule has 1 aromatic carbocycles. The first kappa shape index (κ1) is 24.2. The third-order valence-electron chi connectivity index (χ3n) is 5.34. The summed E-state index contributed by atoms with van der Waals surface area (Å²) in [4.78, 5) is 13.3. The van der Waals surface area contributed by atoms with Crippen molar-refractivity contribution in [1.82, 2.24) is 19.5 Å². The molecule has 4 rings (SSSR count). The minimum atomic E-state index is -4.62. The highest BCUT2D eigenvalue weighted by Gasteiger charge is 2.33. The molecule has 0 saturated heterocycles. The summed E-state index contributed by atoms with van der Waals surface area (Å²) < 4.78 is 66.8. The lowest BCUT2D eigenvalue weighted by Crippen LogP contribution is -2.09. The van der Waals surface area contributed by atoms with Gasteiger partial charge in [0.25, 0.3) is 0 Å². The zero-order chi connectivity index (χ0) is 24.7. The number of imidazole rings is 1. The predicted molar refractivity (Wildman–Crippen MR) is 126 cm³/mol. The second-order valence-corrected chi connectivity index (χ2v) is 11.1. The molecule has 0 aliphatic rings. The summed E-state index contributed by atoms with van der Waals surface area (Å²) in [5.41, 5.74) is 0.807. The number of hydrogen-bond acceptors (Lipinski definition) is 6. The maximum Gasteiger partial charge on any atom is 0.433 e. The molecule has 3 aromatic heterocycles. The topological polar surface area (TPSA) is 77.7 Å². The van der Waals surface area contributed by atoms with Gasteiger partial charge in [-0.1, -0.05) is 26.0 Å². The van der Waals surface area contributed by atoms with Crippen LogP contribution in [0.4, 0.5) is 13.2 Å². The number of rotatable bonds is 6. The number of hydrogen-bond donors (Lipinski definition) is 0. The molecule has 0 unspecified atom stereocenters. The number of thioether (sulfide) groups is 1. The summed E-state index contributed by atoms with van der Waals surface area (Å²) >= 11 is 1.70. The second-order valence-electron chi connectivity index (χ2n) is 7.48. The largest absolute Gasteiger partial charge is 0.433 e. The van der Waals surface area contributed by atoms with Crippen molar-refractivity contribution in [1.29, 1.82) is 0 Å². The van der Waals surface area contributed by atoms with Gasteiger partial charge in [-0.2, -0.15) is 13.2 Å². The number of halogens is 3. The van der Waals surface area contributed by atoms with Crippen molar-refractivity contribution < 1.29 is 21.6 Å². The third kappa shape index (κ3) is 4.54. The lowest BCUT2D eigenvalue weighted by Gasteiger charge is -2.11. The van der Waals surface area contributed by atoms with Crippen LogP contribution in [0, 0.1) is 0 Å². The van der Waals surface area contributed by atoms with Crippen LogP contribution in [0.3, 0.4) is 0 Å². The standard InChI is InChI=1S/C23H21F3N4O2S2/c1-4-33-16-8-6-14(7-9-16)15-10-19(34(31,32)5-2)21(28-12-15)22-29-17-11-20(23(24,25)26)27-13-18(17)30(22)3/h6-13H,4-5H2,1-3H3. The van der Waals surface area contributed by atoms with Crippen LogP contribution in [0.15, 0.2) is 58.6 Å². The van der Waals surface area contributed by atoms with Gasteiger partial charge >= 0.3 is 6.18 Å². The summed E-state index contributed by atoms with van der Waals surface area (Å²) in [6.45, 7) is 3.58. The Labute approximate surface area is 199 Å². The molecule has 0 aliphatic carbocycles. The van der Waals surface area contributed by atoms with Crippen LogP contribution in [0.2, 0.25) is 0 Å². The Kier molecular flexibility index (Phi) is 6.43. The van der Waals surface area contributed by atoms with Gasteiger partial charge < -0.3 is 4.57 Å². The van der Waals surface area contributed by atoms with E-state index < -0.39 is 21.7 Å². The van der Waals surface area contributed by atoms with Gasteiger partial charge in [0.15, 0.2) is 15.7 Å². The fourth-order valence-electron chi connectivity index (χ4n) is 3.53. The minimum absolute atomic E-state index is 0.0260. The van der Waals surface area contributed by atoms with E-state index in [1.807, 2.05) is 24.3 Å². The number of pyridine rings is 2. The van der Waals surface area contributed by atoms with Crippen molar-refractivity contribution in [3.05, 3.63) is 54.5 Å². The van der Waals surface area contributed by atoms with Crippen LogP contribution in [0.25, 0.3) is 33.7 Å². The van der Waals surface area contributed by atoms with E-state index >= 15 is 0 Å². The fraction of sp³-hybridized carbons (Fsp3) is 0.261. The van der Waals surface area contributed by atoms with Gasteiger partial charge in [-0.05, 0) is 35.6 Å². The summed E-state index contributed by atoms with van der Waals surface area (Å²) in [5, 5.41) is 0. The van der Waals surface area contributed by atoms with Crippen molar-refractivity contribution in [2.24, 2.45) is 7.05 Å². The molecule has 6 nitrogen and oxygen atoms in total. The van der Waals surface area contributed by atoms with E-state index in [2.05, 4.69) is 21.9 Å². The lowest BCUT2D eigenvalue weighted by molar-refractivity contribution is -0.141. The molecule has 0 spiro atoms. The van der Waals surface area contributed by atoms with E-state index in [1.54, 1.807) is 31.1 Å². The minimum Gasteiger partial charge on any atom is -0.324 e. The number of nitrogens with zero attached hydrogens (tertiary/aromatic N) is 4. The number of sulfone groups is 1. The fourth-order valence-corrected chi connectivity index (χ4v) is 5.25. The van der Waals surface area contributed by atoms with Gasteiger partial charge in [0.05, 0.1) is 27.9 Å². The van der Waals surface area contributed by atoms with Gasteiger partial charge in [0.1, 0.15) is 11.4 Å². The van der Waals surface area contributed by atoms with E-state index in [4.69, 9.17) is 0 Å². The molecular formula is C23H21F3N4O2S2. The molecule has 4 aromatic rings. The zero-order valence-electron chi connectivity index (χ0n) is 18.6. The van der Waals surface area contributed by atoms with Gasteiger partial charge in [0.2, 0.25) is 0 Å². The molecule has 3 heterocycles. The molecule has 0 fully saturated rings. The molecule has 0 saturated carbocycles. The van der Waals surface area contributed by atoms with E-state index in [0.29, 0.717) is 11.1 Å². The normalized spacial score (nSPS) is 12.4. The first-order chi connectivity index (χ1) is 16.0. The van der Waals surface area contributed by atoms with Crippen molar-refractivity contribution in [3.63, 3.8) is 0 Å². The molecule has 0 aliphatic heterocycles. The number of aromatic nitrogens is 4. The Morgan fingerprint density at radius 2 is 1.71 bits per heavy atom. The maximum absolute atomic E-state index is 13.1. The zero-order valence-corrected chi connectivity index (χ0v) is 20.2. The van der Waals surface area contributed by atoms with Crippen molar-refractivity contribution >= 4 is 32.6 Å².